The molecular formula is C12H16O3S. The highest BCUT2D eigenvalue weighted by molar-refractivity contribution is 7.98. The molecule has 0 saturated heterocycles. The van der Waals surface area contributed by atoms with Crippen LogP contribution in [-0.4, -0.2) is 22.4 Å². The molecule has 0 fully saturated rings. The lowest BCUT2D eigenvalue weighted by Gasteiger charge is -2.25. The molecule has 0 radical (unpaired) electrons. The topological polar surface area (TPSA) is 57.5 Å². The normalized spacial score (nSPS) is 11.4. The number of carboxylic acids is 1. The molecule has 1 aromatic carbocycles. The molecule has 0 bridgehead atoms. The fourth-order valence-corrected chi connectivity index (χ4v) is 2.59. The summed E-state index contributed by atoms with van der Waals surface area (Å²) in [6.07, 6.45) is 1.92. The first kappa shape index (κ1) is 12.9. The van der Waals surface area contributed by atoms with E-state index in [1.54, 1.807) is 12.1 Å². The van der Waals surface area contributed by atoms with Gasteiger partial charge in [0, 0.05) is 5.41 Å². The van der Waals surface area contributed by atoms with E-state index in [1.807, 2.05) is 26.2 Å². The second-order valence-electron chi connectivity index (χ2n) is 4.31. The van der Waals surface area contributed by atoms with Gasteiger partial charge in [-0.15, -0.1) is 11.8 Å². The van der Waals surface area contributed by atoms with Crippen molar-refractivity contribution in [1.82, 2.24) is 0 Å². The van der Waals surface area contributed by atoms with Crippen LogP contribution in [0.15, 0.2) is 23.1 Å². The standard InChI is InChI=1S/C12H16O3S/c1-12(2,7-10(14)15)8-5-4-6-9(13)11(8)16-3/h4-6,13H,7H2,1-3H3,(H,14,15). The van der Waals surface area contributed by atoms with E-state index >= 15 is 0 Å². The number of benzene rings is 1. The summed E-state index contributed by atoms with van der Waals surface area (Å²) in [5.74, 6) is -0.621. The first-order valence-electron chi connectivity index (χ1n) is 4.96. The van der Waals surface area contributed by atoms with Crippen molar-refractivity contribution < 1.29 is 15.0 Å². The molecule has 4 heteroatoms. The van der Waals surface area contributed by atoms with Gasteiger partial charge >= 0.3 is 5.97 Å². The Balaban J connectivity index is 3.21. The van der Waals surface area contributed by atoms with Crippen molar-refractivity contribution >= 4 is 17.7 Å². The number of phenolic OH excluding ortho intramolecular Hbond substituents is 1. The average molecular weight is 240 g/mol. The number of rotatable bonds is 4. The van der Waals surface area contributed by atoms with Crippen LogP contribution in [0.4, 0.5) is 0 Å². The van der Waals surface area contributed by atoms with Crippen molar-refractivity contribution in [1.29, 1.82) is 0 Å². The van der Waals surface area contributed by atoms with Gasteiger partial charge in [-0.3, -0.25) is 4.79 Å². The molecule has 0 spiro atoms. The van der Waals surface area contributed by atoms with Gasteiger partial charge in [-0.2, -0.15) is 0 Å². The quantitative estimate of drug-likeness (QED) is 0.794. The lowest BCUT2D eigenvalue weighted by atomic mass is 9.81. The van der Waals surface area contributed by atoms with Gasteiger partial charge < -0.3 is 10.2 Å². The van der Waals surface area contributed by atoms with Gasteiger partial charge in [0.2, 0.25) is 0 Å². The van der Waals surface area contributed by atoms with Crippen LogP contribution in [0.1, 0.15) is 25.8 Å². The van der Waals surface area contributed by atoms with Crippen LogP contribution in [0.25, 0.3) is 0 Å². The highest BCUT2D eigenvalue weighted by Gasteiger charge is 2.27. The minimum Gasteiger partial charge on any atom is -0.507 e. The summed E-state index contributed by atoms with van der Waals surface area (Å²) in [6, 6.07) is 5.23. The van der Waals surface area contributed by atoms with Crippen LogP contribution < -0.4 is 0 Å². The summed E-state index contributed by atoms with van der Waals surface area (Å²) in [7, 11) is 0. The zero-order chi connectivity index (χ0) is 12.3. The number of hydrogen-bond donors (Lipinski definition) is 2. The predicted octanol–water partition coefficient (Wildman–Crippen LogP) is 2.87. The van der Waals surface area contributed by atoms with E-state index in [1.165, 1.54) is 11.8 Å². The summed E-state index contributed by atoms with van der Waals surface area (Å²) in [4.78, 5) is 11.6. The maximum absolute atomic E-state index is 10.8. The first-order valence-corrected chi connectivity index (χ1v) is 6.19. The van der Waals surface area contributed by atoms with E-state index in [2.05, 4.69) is 0 Å². The number of aliphatic carboxylic acids is 1. The summed E-state index contributed by atoms with van der Waals surface area (Å²) >= 11 is 1.43. The molecule has 0 aliphatic rings. The second kappa shape index (κ2) is 4.78. The van der Waals surface area contributed by atoms with E-state index in [4.69, 9.17) is 5.11 Å². The van der Waals surface area contributed by atoms with Gasteiger partial charge in [-0.05, 0) is 17.9 Å². The number of carbonyl (C=O) groups is 1. The highest BCUT2D eigenvalue weighted by Crippen LogP contribution is 2.38. The molecule has 1 rings (SSSR count). The molecule has 88 valence electrons. The van der Waals surface area contributed by atoms with Gasteiger partial charge in [0.25, 0.3) is 0 Å². The Labute approximate surface area is 99.5 Å². The molecule has 0 amide bonds. The molecule has 0 aromatic heterocycles. The third-order valence-electron chi connectivity index (χ3n) is 2.52. The van der Waals surface area contributed by atoms with Gasteiger partial charge in [0.15, 0.2) is 0 Å². The van der Waals surface area contributed by atoms with Crippen molar-refractivity contribution in [2.45, 2.75) is 30.6 Å². The molecule has 0 unspecified atom stereocenters. The van der Waals surface area contributed by atoms with Crippen molar-refractivity contribution in [2.75, 3.05) is 6.26 Å². The number of phenols is 1. The Kier molecular flexibility index (Phi) is 3.86. The van der Waals surface area contributed by atoms with Crippen LogP contribution in [0, 0.1) is 0 Å². The number of hydrogen-bond acceptors (Lipinski definition) is 3. The average Bonchev–Trinajstić information content (AvgIpc) is 2.15. The Hall–Kier alpha value is -1.16. The Bertz CT molecular complexity index is 399. The number of carboxylic acid groups (broad SMARTS) is 1. The largest absolute Gasteiger partial charge is 0.507 e. The molecule has 0 heterocycles. The van der Waals surface area contributed by atoms with E-state index in [0.717, 1.165) is 10.5 Å². The molecule has 3 nitrogen and oxygen atoms in total. The highest BCUT2D eigenvalue weighted by atomic mass is 32.2. The van der Waals surface area contributed by atoms with Gasteiger partial charge in [-0.25, -0.2) is 0 Å². The summed E-state index contributed by atoms with van der Waals surface area (Å²) < 4.78 is 0. The lowest BCUT2D eigenvalue weighted by molar-refractivity contribution is -0.138. The molecule has 2 N–H and O–H groups in total. The fraction of sp³-hybridized carbons (Fsp3) is 0.417. The van der Waals surface area contributed by atoms with Crippen LogP contribution in [0.3, 0.4) is 0 Å². The zero-order valence-electron chi connectivity index (χ0n) is 9.65. The summed E-state index contributed by atoms with van der Waals surface area (Å²) in [5.41, 5.74) is 0.394. The zero-order valence-corrected chi connectivity index (χ0v) is 10.5. The second-order valence-corrected chi connectivity index (χ2v) is 5.13. The molecule has 0 atom stereocenters. The van der Waals surface area contributed by atoms with Gasteiger partial charge in [-0.1, -0.05) is 26.0 Å². The monoisotopic (exact) mass is 240 g/mol. The van der Waals surface area contributed by atoms with E-state index in [-0.39, 0.29) is 12.2 Å². The van der Waals surface area contributed by atoms with E-state index in [9.17, 15) is 9.90 Å². The maximum atomic E-state index is 10.8. The predicted molar refractivity (Wildman–Crippen MR) is 65.2 cm³/mol. The Morgan fingerprint density at radius 1 is 1.44 bits per heavy atom. The maximum Gasteiger partial charge on any atom is 0.304 e. The first-order chi connectivity index (χ1) is 7.38. The third-order valence-corrected chi connectivity index (χ3v) is 3.36. The van der Waals surface area contributed by atoms with Crippen LogP contribution in [0.5, 0.6) is 5.75 Å². The van der Waals surface area contributed by atoms with Crippen LogP contribution in [-0.2, 0) is 10.2 Å². The Morgan fingerprint density at radius 3 is 2.56 bits per heavy atom. The van der Waals surface area contributed by atoms with Gasteiger partial charge in [0.1, 0.15) is 5.75 Å². The molecule has 1 aromatic rings. The van der Waals surface area contributed by atoms with Gasteiger partial charge in [0.05, 0.1) is 11.3 Å². The number of aromatic hydroxyl groups is 1. The minimum atomic E-state index is -0.833. The Morgan fingerprint density at radius 2 is 2.06 bits per heavy atom. The fourth-order valence-electron chi connectivity index (χ4n) is 1.75. The summed E-state index contributed by atoms with van der Waals surface area (Å²) in [6.45, 7) is 3.74. The molecule has 0 aliphatic heterocycles. The molecule has 0 saturated carbocycles. The lowest BCUT2D eigenvalue weighted by Crippen LogP contribution is -2.22. The van der Waals surface area contributed by atoms with E-state index in [0.29, 0.717) is 0 Å². The van der Waals surface area contributed by atoms with E-state index < -0.39 is 11.4 Å². The van der Waals surface area contributed by atoms with Crippen molar-refractivity contribution in [3.63, 3.8) is 0 Å². The molecule has 0 aliphatic carbocycles. The van der Waals surface area contributed by atoms with Crippen molar-refractivity contribution in [3.8, 4) is 5.75 Å². The smallest absolute Gasteiger partial charge is 0.304 e. The van der Waals surface area contributed by atoms with Crippen LogP contribution in [0.2, 0.25) is 0 Å². The SMILES string of the molecule is CSc1c(O)cccc1C(C)(C)CC(=O)O. The van der Waals surface area contributed by atoms with Crippen LogP contribution >= 0.6 is 11.8 Å². The minimum absolute atomic E-state index is 0.0456. The molecular weight excluding hydrogens is 224 g/mol. The number of thioether (sulfide) groups is 1. The third kappa shape index (κ3) is 2.70. The summed E-state index contributed by atoms with van der Waals surface area (Å²) in [5, 5.41) is 18.6. The van der Waals surface area contributed by atoms with Crippen molar-refractivity contribution in [2.24, 2.45) is 0 Å². The van der Waals surface area contributed by atoms with Crippen molar-refractivity contribution in [3.05, 3.63) is 23.8 Å². The molecule has 16 heavy (non-hydrogen) atoms.